The van der Waals surface area contributed by atoms with Gasteiger partial charge in [0.1, 0.15) is 5.82 Å². The summed E-state index contributed by atoms with van der Waals surface area (Å²) in [5, 5.41) is 0. The fraction of sp³-hybridized carbons (Fsp3) is 0.294. The molecule has 3 rings (SSSR count). The van der Waals surface area contributed by atoms with Gasteiger partial charge in [0.2, 0.25) is 0 Å². The van der Waals surface area contributed by atoms with E-state index in [0.717, 1.165) is 0 Å². The number of hydrogen-bond donors (Lipinski definition) is 1. The van der Waals surface area contributed by atoms with E-state index in [0.29, 0.717) is 32.6 Å². The molecule has 2 aromatic rings. The predicted molar refractivity (Wildman–Crippen MR) is 89.3 cm³/mol. The quantitative estimate of drug-likeness (QED) is 0.884. The molecular formula is C17H18FN5O2. The Morgan fingerprint density at radius 1 is 0.960 bits per heavy atom. The van der Waals surface area contributed by atoms with Crippen molar-refractivity contribution in [2.45, 2.75) is 6.42 Å². The first-order valence-corrected chi connectivity index (χ1v) is 7.97. The summed E-state index contributed by atoms with van der Waals surface area (Å²) in [5.41, 5.74) is 5.86. The Balaban J connectivity index is 1.70. The van der Waals surface area contributed by atoms with Gasteiger partial charge in [-0.25, -0.2) is 14.4 Å². The molecule has 1 saturated heterocycles. The minimum Gasteiger partial charge on any atom is -0.382 e. The predicted octanol–water partition coefficient (Wildman–Crippen LogP) is 1.19. The zero-order valence-electron chi connectivity index (χ0n) is 13.6. The number of benzene rings is 1. The molecule has 1 aromatic carbocycles. The third-order valence-corrected chi connectivity index (χ3v) is 4.10. The summed E-state index contributed by atoms with van der Waals surface area (Å²) in [5.74, 6) is -1.15. The van der Waals surface area contributed by atoms with Crippen LogP contribution in [0.1, 0.15) is 27.3 Å². The molecule has 2 N–H and O–H groups in total. The van der Waals surface area contributed by atoms with Crippen molar-refractivity contribution in [1.82, 2.24) is 19.8 Å². The third-order valence-electron chi connectivity index (χ3n) is 4.10. The Labute approximate surface area is 144 Å². The van der Waals surface area contributed by atoms with Gasteiger partial charge in [-0.2, -0.15) is 0 Å². The van der Waals surface area contributed by atoms with Crippen LogP contribution in [0, 0.1) is 5.82 Å². The summed E-state index contributed by atoms with van der Waals surface area (Å²) in [6.07, 6.45) is 3.42. The zero-order valence-corrected chi connectivity index (χ0v) is 13.6. The highest BCUT2D eigenvalue weighted by atomic mass is 19.1. The van der Waals surface area contributed by atoms with Gasteiger partial charge in [0.05, 0.1) is 5.56 Å². The first-order valence-electron chi connectivity index (χ1n) is 7.97. The number of nitrogens with two attached hydrogens (primary N) is 1. The van der Waals surface area contributed by atoms with Gasteiger partial charge in [0.25, 0.3) is 11.8 Å². The first-order chi connectivity index (χ1) is 12.1. The number of carbonyl (C=O) groups is 2. The van der Waals surface area contributed by atoms with E-state index in [4.69, 9.17) is 5.73 Å². The molecule has 0 radical (unpaired) electrons. The Morgan fingerprint density at radius 2 is 1.60 bits per heavy atom. The molecule has 0 aliphatic carbocycles. The Kier molecular flexibility index (Phi) is 4.87. The normalized spacial score (nSPS) is 14.9. The van der Waals surface area contributed by atoms with Gasteiger partial charge in [-0.15, -0.1) is 0 Å². The zero-order chi connectivity index (χ0) is 17.8. The van der Waals surface area contributed by atoms with Crippen LogP contribution in [0.15, 0.2) is 36.7 Å². The molecule has 2 heterocycles. The lowest BCUT2D eigenvalue weighted by Gasteiger charge is -2.22. The van der Waals surface area contributed by atoms with Crippen molar-refractivity contribution in [3.63, 3.8) is 0 Å². The molecule has 0 unspecified atom stereocenters. The van der Waals surface area contributed by atoms with Crippen LogP contribution in [-0.2, 0) is 0 Å². The van der Waals surface area contributed by atoms with Crippen molar-refractivity contribution < 1.29 is 14.0 Å². The molecule has 0 spiro atoms. The molecule has 0 atom stereocenters. The number of hydrogen-bond acceptors (Lipinski definition) is 5. The van der Waals surface area contributed by atoms with Crippen LogP contribution in [0.3, 0.4) is 0 Å². The van der Waals surface area contributed by atoms with E-state index in [9.17, 15) is 14.0 Å². The molecule has 1 fully saturated rings. The van der Waals surface area contributed by atoms with Crippen molar-refractivity contribution in [2.24, 2.45) is 0 Å². The third kappa shape index (κ3) is 3.57. The maximum atomic E-state index is 13.8. The number of halogens is 1. The van der Waals surface area contributed by atoms with E-state index < -0.39 is 5.82 Å². The van der Waals surface area contributed by atoms with Crippen LogP contribution in [0.25, 0.3) is 0 Å². The van der Waals surface area contributed by atoms with Gasteiger partial charge >= 0.3 is 0 Å². The molecule has 0 bridgehead atoms. The lowest BCUT2D eigenvalue weighted by atomic mass is 10.2. The van der Waals surface area contributed by atoms with Gasteiger partial charge in [-0.1, -0.05) is 12.1 Å². The Bertz CT molecular complexity index is 733. The Morgan fingerprint density at radius 3 is 2.28 bits per heavy atom. The fourth-order valence-corrected chi connectivity index (χ4v) is 2.79. The summed E-state index contributed by atoms with van der Waals surface area (Å²) in [4.78, 5) is 36.1. The van der Waals surface area contributed by atoms with E-state index in [2.05, 4.69) is 9.97 Å². The first kappa shape index (κ1) is 16.8. The fourth-order valence-electron chi connectivity index (χ4n) is 2.79. The second-order valence-electron chi connectivity index (χ2n) is 5.71. The van der Waals surface area contributed by atoms with Crippen molar-refractivity contribution in [2.75, 3.05) is 31.9 Å². The molecule has 7 nitrogen and oxygen atoms in total. The number of anilines is 1. The summed E-state index contributed by atoms with van der Waals surface area (Å²) >= 11 is 0. The van der Waals surface area contributed by atoms with Crippen LogP contribution in [0.4, 0.5) is 10.2 Å². The van der Waals surface area contributed by atoms with E-state index in [1.54, 1.807) is 21.9 Å². The van der Waals surface area contributed by atoms with E-state index in [-0.39, 0.29) is 28.9 Å². The van der Waals surface area contributed by atoms with Gasteiger partial charge in [-0.3, -0.25) is 9.59 Å². The number of aromatic nitrogens is 2. The molecule has 0 saturated carbocycles. The van der Waals surface area contributed by atoms with E-state index in [1.165, 1.54) is 24.5 Å². The number of carbonyl (C=O) groups excluding carboxylic acids is 2. The van der Waals surface area contributed by atoms with Gasteiger partial charge in [0, 0.05) is 38.6 Å². The number of nitrogens with zero attached hydrogens (tertiary/aromatic N) is 4. The SMILES string of the molecule is Nc1nccnc1C(=O)N1CCCN(C(=O)c2ccccc2F)CC1. The van der Waals surface area contributed by atoms with Crippen LogP contribution >= 0.6 is 0 Å². The second-order valence-corrected chi connectivity index (χ2v) is 5.71. The lowest BCUT2D eigenvalue weighted by molar-refractivity contribution is 0.0713. The van der Waals surface area contributed by atoms with Gasteiger partial charge in [0.15, 0.2) is 11.5 Å². The number of rotatable bonds is 2. The molecule has 2 amide bonds. The van der Waals surface area contributed by atoms with Crippen molar-refractivity contribution in [3.8, 4) is 0 Å². The van der Waals surface area contributed by atoms with Crippen LogP contribution in [0.2, 0.25) is 0 Å². The molecule has 8 heteroatoms. The van der Waals surface area contributed by atoms with Gasteiger partial charge in [-0.05, 0) is 18.6 Å². The smallest absolute Gasteiger partial charge is 0.276 e. The molecule has 25 heavy (non-hydrogen) atoms. The summed E-state index contributed by atoms with van der Waals surface area (Å²) in [6, 6.07) is 5.89. The molecule has 130 valence electrons. The molecular weight excluding hydrogens is 325 g/mol. The number of nitrogen functional groups attached to an aromatic ring is 1. The Hall–Kier alpha value is -3.03. The molecule has 1 aromatic heterocycles. The average Bonchev–Trinajstić information content (AvgIpc) is 2.87. The van der Waals surface area contributed by atoms with Crippen molar-refractivity contribution in [3.05, 3.63) is 53.7 Å². The standard InChI is InChI=1S/C17H18FN5O2/c18-13-5-2-1-4-12(13)16(24)22-8-3-9-23(11-10-22)17(25)14-15(19)21-7-6-20-14/h1-2,4-7H,3,8-11H2,(H2,19,21). The minimum absolute atomic E-state index is 0.0421. The highest BCUT2D eigenvalue weighted by molar-refractivity contribution is 5.96. The highest BCUT2D eigenvalue weighted by Crippen LogP contribution is 2.14. The van der Waals surface area contributed by atoms with Crippen LogP contribution in [0.5, 0.6) is 0 Å². The maximum absolute atomic E-state index is 13.8. The van der Waals surface area contributed by atoms with Crippen molar-refractivity contribution in [1.29, 1.82) is 0 Å². The van der Waals surface area contributed by atoms with Crippen LogP contribution < -0.4 is 5.73 Å². The summed E-state index contributed by atoms with van der Waals surface area (Å²) in [7, 11) is 0. The highest BCUT2D eigenvalue weighted by Gasteiger charge is 2.26. The largest absolute Gasteiger partial charge is 0.382 e. The lowest BCUT2D eigenvalue weighted by Crippen LogP contribution is -2.38. The molecule has 1 aliphatic rings. The number of amides is 2. The van der Waals surface area contributed by atoms with Crippen LogP contribution in [-0.4, -0.2) is 57.8 Å². The summed E-state index contributed by atoms with van der Waals surface area (Å²) in [6.45, 7) is 1.57. The van der Waals surface area contributed by atoms with Gasteiger partial charge < -0.3 is 15.5 Å². The minimum atomic E-state index is -0.544. The average molecular weight is 343 g/mol. The van der Waals surface area contributed by atoms with E-state index >= 15 is 0 Å². The maximum Gasteiger partial charge on any atom is 0.276 e. The van der Waals surface area contributed by atoms with Crippen molar-refractivity contribution >= 4 is 17.6 Å². The van der Waals surface area contributed by atoms with E-state index in [1.807, 2.05) is 0 Å². The monoisotopic (exact) mass is 343 g/mol. The topological polar surface area (TPSA) is 92.4 Å². The summed E-state index contributed by atoms with van der Waals surface area (Å²) < 4.78 is 13.8. The molecule has 1 aliphatic heterocycles. The second kappa shape index (κ2) is 7.25.